The van der Waals surface area contributed by atoms with Crippen LogP contribution in [0.15, 0.2) is 89.3 Å². The number of benzene rings is 3. The average molecular weight is 440 g/mol. The Morgan fingerprint density at radius 1 is 0.875 bits per heavy atom. The SMILES string of the molecule is C/C(=N/Nc1nc(-c2ccc(Cc3ccccc3)cc2)cs1)c1ccc(C(C)(C)C)cc1. The molecule has 0 bridgehead atoms. The fourth-order valence-corrected chi connectivity index (χ4v) is 4.15. The van der Waals surface area contributed by atoms with Crippen molar-refractivity contribution < 1.29 is 0 Å². The molecule has 0 spiro atoms. The van der Waals surface area contributed by atoms with Gasteiger partial charge in [0, 0.05) is 10.9 Å². The highest BCUT2D eigenvalue weighted by molar-refractivity contribution is 7.14. The van der Waals surface area contributed by atoms with Gasteiger partial charge in [0.1, 0.15) is 0 Å². The second-order valence-corrected chi connectivity index (χ2v) is 9.89. The Kier molecular flexibility index (Phi) is 6.52. The first-order chi connectivity index (χ1) is 15.4. The third kappa shape index (κ3) is 5.51. The third-order valence-electron chi connectivity index (χ3n) is 5.49. The zero-order valence-electron chi connectivity index (χ0n) is 19.1. The van der Waals surface area contributed by atoms with Crippen LogP contribution < -0.4 is 5.43 Å². The summed E-state index contributed by atoms with van der Waals surface area (Å²) in [5.41, 5.74) is 11.3. The standard InChI is InChI=1S/C28H29N3S/c1-20(23-14-16-25(17-15-23)28(2,3)4)30-31-27-29-26(19-32-27)24-12-10-22(11-13-24)18-21-8-6-5-7-9-21/h5-17,19H,18H2,1-4H3,(H,29,31)/b30-20-. The number of nitrogens with one attached hydrogen (secondary N) is 1. The molecule has 0 atom stereocenters. The summed E-state index contributed by atoms with van der Waals surface area (Å²) < 4.78 is 0. The largest absolute Gasteiger partial charge is 0.252 e. The maximum Gasteiger partial charge on any atom is 0.203 e. The molecule has 0 radical (unpaired) electrons. The second kappa shape index (κ2) is 9.49. The molecule has 4 aromatic rings. The van der Waals surface area contributed by atoms with Gasteiger partial charge in [0.15, 0.2) is 0 Å². The van der Waals surface area contributed by atoms with Gasteiger partial charge in [-0.3, -0.25) is 5.43 Å². The lowest BCUT2D eigenvalue weighted by Gasteiger charge is -2.19. The van der Waals surface area contributed by atoms with Gasteiger partial charge in [0.25, 0.3) is 0 Å². The number of anilines is 1. The zero-order valence-corrected chi connectivity index (χ0v) is 19.9. The van der Waals surface area contributed by atoms with Crippen LogP contribution in [0.25, 0.3) is 11.3 Å². The van der Waals surface area contributed by atoms with Gasteiger partial charge in [-0.05, 0) is 41.0 Å². The van der Waals surface area contributed by atoms with Crippen molar-refractivity contribution in [2.75, 3.05) is 5.43 Å². The maximum atomic E-state index is 4.71. The molecule has 0 saturated carbocycles. The molecule has 0 amide bonds. The van der Waals surface area contributed by atoms with E-state index in [0.29, 0.717) is 0 Å². The number of hydrogen-bond acceptors (Lipinski definition) is 4. The highest BCUT2D eigenvalue weighted by Crippen LogP contribution is 2.26. The zero-order chi connectivity index (χ0) is 22.6. The molecule has 3 aromatic carbocycles. The number of aromatic nitrogens is 1. The molecular weight excluding hydrogens is 410 g/mol. The Morgan fingerprint density at radius 2 is 1.53 bits per heavy atom. The molecule has 0 fully saturated rings. The minimum atomic E-state index is 0.152. The van der Waals surface area contributed by atoms with Crippen molar-refractivity contribution in [3.8, 4) is 11.3 Å². The van der Waals surface area contributed by atoms with E-state index < -0.39 is 0 Å². The molecule has 0 aliphatic heterocycles. The van der Waals surface area contributed by atoms with E-state index in [-0.39, 0.29) is 5.41 Å². The summed E-state index contributed by atoms with van der Waals surface area (Å²) in [7, 11) is 0. The molecule has 3 nitrogen and oxygen atoms in total. The molecule has 1 aromatic heterocycles. The molecule has 1 N–H and O–H groups in total. The number of nitrogens with zero attached hydrogens (tertiary/aromatic N) is 2. The van der Waals surface area contributed by atoms with Crippen LogP contribution in [0.2, 0.25) is 0 Å². The molecule has 4 rings (SSSR count). The normalized spacial score (nSPS) is 12.1. The second-order valence-electron chi connectivity index (χ2n) is 9.03. The summed E-state index contributed by atoms with van der Waals surface area (Å²) in [5, 5.41) is 7.40. The number of hydrogen-bond donors (Lipinski definition) is 1. The monoisotopic (exact) mass is 439 g/mol. The van der Waals surface area contributed by atoms with E-state index in [9.17, 15) is 0 Å². The molecule has 0 saturated heterocycles. The van der Waals surface area contributed by atoms with Crippen LogP contribution in [-0.4, -0.2) is 10.7 Å². The Morgan fingerprint density at radius 3 is 2.19 bits per heavy atom. The fourth-order valence-electron chi connectivity index (χ4n) is 3.49. The van der Waals surface area contributed by atoms with Crippen LogP contribution in [0.1, 0.15) is 49.9 Å². The lowest BCUT2D eigenvalue weighted by Crippen LogP contribution is -2.11. The Labute approximate surface area is 194 Å². The van der Waals surface area contributed by atoms with Gasteiger partial charge in [-0.2, -0.15) is 5.10 Å². The number of rotatable bonds is 6. The van der Waals surface area contributed by atoms with E-state index in [4.69, 9.17) is 4.98 Å². The first kappa shape index (κ1) is 22.0. The van der Waals surface area contributed by atoms with Crippen LogP contribution in [0, 0.1) is 0 Å². The van der Waals surface area contributed by atoms with E-state index in [1.165, 1.54) is 16.7 Å². The minimum absolute atomic E-state index is 0.152. The average Bonchev–Trinajstić information content (AvgIpc) is 3.27. The minimum Gasteiger partial charge on any atom is -0.252 e. The topological polar surface area (TPSA) is 37.3 Å². The first-order valence-electron chi connectivity index (χ1n) is 10.9. The summed E-state index contributed by atoms with van der Waals surface area (Å²) in [6.45, 7) is 8.68. The van der Waals surface area contributed by atoms with E-state index in [1.54, 1.807) is 11.3 Å². The summed E-state index contributed by atoms with van der Waals surface area (Å²) in [6.07, 6.45) is 0.940. The Balaban J connectivity index is 1.40. The lowest BCUT2D eigenvalue weighted by molar-refractivity contribution is 0.590. The number of hydrazone groups is 1. The van der Waals surface area contributed by atoms with Gasteiger partial charge in [-0.15, -0.1) is 11.3 Å². The van der Waals surface area contributed by atoms with Crippen molar-refractivity contribution >= 4 is 22.2 Å². The van der Waals surface area contributed by atoms with Crippen LogP contribution in [-0.2, 0) is 11.8 Å². The van der Waals surface area contributed by atoms with Gasteiger partial charge in [0.05, 0.1) is 11.4 Å². The molecular formula is C28H29N3S. The lowest BCUT2D eigenvalue weighted by atomic mass is 9.86. The summed E-state index contributed by atoms with van der Waals surface area (Å²) in [4.78, 5) is 4.71. The predicted octanol–water partition coefficient (Wildman–Crippen LogP) is 7.53. The van der Waals surface area contributed by atoms with Crippen LogP contribution in [0.4, 0.5) is 5.13 Å². The summed E-state index contributed by atoms with van der Waals surface area (Å²) in [5.74, 6) is 0. The maximum absolute atomic E-state index is 4.71. The Bertz CT molecular complexity index is 1180. The van der Waals surface area contributed by atoms with Crippen molar-refractivity contribution in [1.29, 1.82) is 0 Å². The molecule has 162 valence electrons. The van der Waals surface area contributed by atoms with Crippen LogP contribution in [0.5, 0.6) is 0 Å². The van der Waals surface area contributed by atoms with E-state index in [2.05, 4.69) is 116 Å². The molecule has 1 heterocycles. The van der Waals surface area contributed by atoms with Crippen molar-refractivity contribution in [2.24, 2.45) is 5.10 Å². The highest BCUT2D eigenvalue weighted by atomic mass is 32.1. The molecule has 32 heavy (non-hydrogen) atoms. The van der Waals surface area contributed by atoms with Gasteiger partial charge in [0.2, 0.25) is 5.13 Å². The van der Waals surface area contributed by atoms with E-state index in [1.807, 2.05) is 6.92 Å². The fraction of sp³-hybridized carbons (Fsp3) is 0.214. The van der Waals surface area contributed by atoms with Crippen LogP contribution >= 0.6 is 11.3 Å². The van der Waals surface area contributed by atoms with E-state index >= 15 is 0 Å². The predicted molar refractivity (Wildman–Crippen MR) is 138 cm³/mol. The third-order valence-corrected chi connectivity index (χ3v) is 6.24. The molecule has 4 heteroatoms. The van der Waals surface area contributed by atoms with Crippen LogP contribution in [0.3, 0.4) is 0 Å². The summed E-state index contributed by atoms with van der Waals surface area (Å²) >= 11 is 1.56. The molecule has 0 unspecified atom stereocenters. The van der Waals surface area contributed by atoms with Crippen molar-refractivity contribution in [3.63, 3.8) is 0 Å². The van der Waals surface area contributed by atoms with Gasteiger partial charge < -0.3 is 0 Å². The molecule has 0 aliphatic rings. The Hall–Kier alpha value is -3.24. The van der Waals surface area contributed by atoms with Crippen molar-refractivity contribution in [1.82, 2.24) is 4.98 Å². The van der Waals surface area contributed by atoms with Gasteiger partial charge >= 0.3 is 0 Å². The number of thiazole rings is 1. The molecule has 0 aliphatic carbocycles. The smallest absolute Gasteiger partial charge is 0.203 e. The van der Waals surface area contributed by atoms with Gasteiger partial charge in [-0.1, -0.05) is 99.6 Å². The quantitative estimate of drug-likeness (QED) is 0.249. The highest BCUT2D eigenvalue weighted by Gasteiger charge is 2.13. The van der Waals surface area contributed by atoms with E-state index in [0.717, 1.165) is 34.1 Å². The summed E-state index contributed by atoms with van der Waals surface area (Å²) in [6, 6.07) is 27.8. The first-order valence-corrected chi connectivity index (χ1v) is 11.8. The van der Waals surface area contributed by atoms with Gasteiger partial charge in [-0.25, -0.2) is 4.98 Å². The van der Waals surface area contributed by atoms with Crippen molar-refractivity contribution in [3.05, 3.63) is 106 Å². The van der Waals surface area contributed by atoms with Crippen molar-refractivity contribution in [2.45, 2.75) is 39.5 Å².